The van der Waals surface area contributed by atoms with Gasteiger partial charge in [-0.05, 0) is 25.5 Å². The van der Waals surface area contributed by atoms with Gasteiger partial charge in [0.2, 0.25) is 0 Å². The Balaban J connectivity index is 2.00. The average Bonchev–Trinajstić information content (AvgIpc) is 2.36. The molecule has 0 spiro atoms. The number of amides is 1. The van der Waals surface area contributed by atoms with Crippen LogP contribution in [0.1, 0.15) is 25.8 Å². The number of carbonyl (C=O) groups is 2. The van der Waals surface area contributed by atoms with Crippen molar-refractivity contribution in [3.63, 3.8) is 0 Å². The Hall–Kier alpha value is -2.10. The van der Waals surface area contributed by atoms with Gasteiger partial charge in [-0.1, -0.05) is 30.3 Å². The summed E-state index contributed by atoms with van der Waals surface area (Å²) in [6, 6.07) is 9.49. The highest BCUT2D eigenvalue weighted by molar-refractivity contribution is 5.92. The molecule has 0 aromatic heterocycles. The molecule has 0 saturated heterocycles. The molecule has 1 aliphatic rings. The number of rotatable bonds is 2. The number of hydrogen-bond acceptors (Lipinski definition) is 3. The van der Waals surface area contributed by atoms with Crippen molar-refractivity contribution in [2.24, 2.45) is 0 Å². The lowest BCUT2D eigenvalue weighted by atomic mass is 9.93. The van der Waals surface area contributed by atoms with Crippen LogP contribution in [0.15, 0.2) is 42.6 Å². The van der Waals surface area contributed by atoms with Crippen molar-refractivity contribution in [3.05, 3.63) is 48.2 Å². The maximum atomic E-state index is 12.0. The summed E-state index contributed by atoms with van der Waals surface area (Å²) in [4.78, 5) is 24.9. The second kappa shape index (κ2) is 5.26. The van der Waals surface area contributed by atoms with Crippen LogP contribution in [0.2, 0.25) is 0 Å². The van der Waals surface area contributed by atoms with Gasteiger partial charge in [-0.2, -0.15) is 0 Å². The molecule has 1 aromatic carbocycles. The Morgan fingerprint density at radius 3 is 2.63 bits per heavy atom. The summed E-state index contributed by atoms with van der Waals surface area (Å²) in [6.45, 7) is 3.92. The Kier molecular flexibility index (Phi) is 3.69. The van der Waals surface area contributed by atoms with Crippen LogP contribution in [0.5, 0.6) is 0 Å². The van der Waals surface area contributed by atoms with E-state index in [2.05, 4.69) is 0 Å². The number of hydrogen-bond donors (Lipinski definition) is 0. The summed E-state index contributed by atoms with van der Waals surface area (Å²) in [5.41, 5.74) is 0.394. The molecule has 4 heteroatoms. The van der Waals surface area contributed by atoms with Gasteiger partial charge in [0.05, 0.1) is 5.54 Å². The molecule has 0 bridgehead atoms. The van der Waals surface area contributed by atoms with Crippen molar-refractivity contribution in [2.75, 3.05) is 0 Å². The van der Waals surface area contributed by atoms with Gasteiger partial charge in [-0.25, -0.2) is 4.79 Å². The van der Waals surface area contributed by atoms with E-state index >= 15 is 0 Å². The number of ether oxygens (including phenoxy) is 1. The standard InChI is InChI=1S/C15H17NO3/c1-15(2)10-13(17)8-9-16(15)14(18)19-11-12-6-4-3-5-7-12/h3-9H,10-11H2,1-2H3. The fraction of sp³-hybridized carbons (Fsp3) is 0.333. The van der Waals surface area contributed by atoms with E-state index in [1.807, 2.05) is 44.2 Å². The molecule has 1 aromatic rings. The van der Waals surface area contributed by atoms with Crippen LogP contribution in [0.25, 0.3) is 0 Å². The number of benzene rings is 1. The third-order valence-electron chi connectivity index (χ3n) is 3.07. The lowest BCUT2D eigenvalue weighted by Gasteiger charge is -2.36. The van der Waals surface area contributed by atoms with Crippen molar-refractivity contribution in [2.45, 2.75) is 32.4 Å². The van der Waals surface area contributed by atoms with Gasteiger partial charge in [0, 0.05) is 12.6 Å². The van der Waals surface area contributed by atoms with E-state index in [0.717, 1.165) is 5.56 Å². The highest BCUT2D eigenvalue weighted by Crippen LogP contribution is 2.25. The van der Waals surface area contributed by atoms with Crippen molar-refractivity contribution >= 4 is 11.9 Å². The predicted octanol–water partition coefficient (Wildman–Crippen LogP) is 2.89. The van der Waals surface area contributed by atoms with Crippen molar-refractivity contribution in [3.8, 4) is 0 Å². The molecule has 0 aliphatic carbocycles. The minimum absolute atomic E-state index is 0.0251. The Bertz CT molecular complexity index is 505. The summed E-state index contributed by atoms with van der Waals surface area (Å²) in [5.74, 6) is 0.0251. The second-order valence-electron chi connectivity index (χ2n) is 5.18. The van der Waals surface area contributed by atoms with E-state index in [-0.39, 0.29) is 12.4 Å². The van der Waals surface area contributed by atoms with Crippen LogP contribution >= 0.6 is 0 Å². The highest BCUT2D eigenvalue weighted by atomic mass is 16.6. The normalized spacial score (nSPS) is 17.4. The molecule has 0 fully saturated rings. The molecule has 1 heterocycles. The SMILES string of the molecule is CC1(C)CC(=O)C=CN1C(=O)OCc1ccccc1. The minimum atomic E-state index is -0.542. The van der Waals surface area contributed by atoms with Gasteiger partial charge in [0.15, 0.2) is 5.78 Å². The first-order chi connectivity index (χ1) is 8.99. The Morgan fingerprint density at radius 2 is 2.00 bits per heavy atom. The molecule has 0 unspecified atom stereocenters. The van der Waals surface area contributed by atoms with Gasteiger partial charge < -0.3 is 4.74 Å². The summed E-state index contributed by atoms with van der Waals surface area (Å²) in [5, 5.41) is 0. The van der Waals surface area contributed by atoms with Gasteiger partial charge >= 0.3 is 6.09 Å². The fourth-order valence-electron chi connectivity index (χ4n) is 2.03. The molecule has 0 N–H and O–H groups in total. The zero-order valence-corrected chi connectivity index (χ0v) is 11.1. The summed E-state index contributed by atoms with van der Waals surface area (Å²) in [6.07, 6.45) is 2.79. The smallest absolute Gasteiger partial charge is 0.414 e. The maximum absolute atomic E-state index is 12.0. The van der Waals surface area contributed by atoms with Gasteiger partial charge in [-0.3, -0.25) is 9.69 Å². The number of nitrogens with zero attached hydrogens (tertiary/aromatic N) is 1. The Labute approximate surface area is 112 Å². The van der Waals surface area contributed by atoms with Gasteiger partial charge in [0.1, 0.15) is 6.61 Å². The van der Waals surface area contributed by atoms with E-state index < -0.39 is 11.6 Å². The van der Waals surface area contributed by atoms with Crippen LogP contribution in [0.3, 0.4) is 0 Å². The first-order valence-corrected chi connectivity index (χ1v) is 6.20. The van der Waals surface area contributed by atoms with E-state index in [1.54, 1.807) is 0 Å². The molecular formula is C15H17NO3. The van der Waals surface area contributed by atoms with E-state index in [1.165, 1.54) is 17.2 Å². The first-order valence-electron chi connectivity index (χ1n) is 6.20. The van der Waals surface area contributed by atoms with Crippen molar-refractivity contribution in [1.82, 2.24) is 4.90 Å². The molecule has 2 rings (SSSR count). The van der Waals surface area contributed by atoms with Gasteiger partial charge in [0.25, 0.3) is 0 Å². The molecule has 19 heavy (non-hydrogen) atoms. The summed E-state index contributed by atoms with van der Waals surface area (Å²) in [7, 11) is 0. The summed E-state index contributed by atoms with van der Waals surface area (Å²) < 4.78 is 5.26. The third kappa shape index (κ3) is 3.22. The molecule has 0 saturated carbocycles. The molecule has 1 amide bonds. The molecule has 1 aliphatic heterocycles. The fourth-order valence-corrected chi connectivity index (χ4v) is 2.03. The molecule has 100 valence electrons. The maximum Gasteiger partial charge on any atom is 0.414 e. The van der Waals surface area contributed by atoms with Crippen LogP contribution in [0.4, 0.5) is 4.79 Å². The van der Waals surface area contributed by atoms with Gasteiger partial charge in [-0.15, -0.1) is 0 Å². The topological polar surface area (TPSA) is 46.6 Å². The third-order valence-corrected chi connectivity index (χ3v) is 3.07. The predicted molar refractivity (Wildman–Crippen MR) is 71.3 cm³/mol. The van der Waals surface area contributed by atoms with E-state index in [4.69, 9.17) is 4.74 Å². The highest BCUT2D eigenvalue weighted by Gasteiger charge is 2.35. The average molecular weight is 259 g/mol. The number of ketones is 1. The lowest BCUT2D eigenvalue weighted by Crippen LogP contribution is -2.47. The minimum Gasteiger partial charge on any atom is -0.444 e. The van der Waals surface area contributed by atoms with Crippen LogP contribution < -0.4 is 0 Å². The van der Waals surface area contributed by atoms with E-state index in [9.17, 15) is 9.59 Å². The largest absolute Gasteiger partial charge is 0.444 e. The van der Waals surface area contributed by atoms with E-state index in [0.29, 0.717) is 6.42 Å². The zero-order chi connectivity index (χ0) is 13.9. The summed E-state index contributed by atoms with van der Waals surface area (Å²) >= 11 is 0. The first kappa shape index (κ1) is 13.3. The quantitative estimate of drug-likeness (QED) is 0.820. The zero-order valence-electron chi connectivity index (χ0n) is 11.1. The van der Waals surface area contributed by atoms with Crippen LogP contribution in [0, 0.1) is 0 Å². The van der Waals surface area contributed by atoms with Crippen molar-refractivity contribution < 1.29 is 14.3 Å². The second-order valence-corrected chi connectivity index (χ2v) is 5.18. The Morgan fingerprint density at radius 1 is 1.32 bits per heavy atom. The molecule has 0 radical (unpaired) electrons. The molecular weight excluding hydrogens is 242 g/mol. The molecule has 4 nitrogen and oxygen atoms in total. The number of allylic oxidation sites excluding steroid dienone is 1. The monoisotopic (exact) mass is 259 g/mol. The van der Waals surface area contributed by atoms with Crippen LogP contribution in [-0.2, 0) is 16.1 Å². The lowest BCUT2D eigenvalue weighted by molar-refractivity contribution is -0.117. The molecule has 0 atom stereocenters. The van der Waals surface area contributed by atoms with Crippen LogP contribution in [-0.4, -0.2) is 22.3 Å². The number of carbonyl (C=O) groups excluding carboxylic acids is 2. The van der Waals surface area contributed by atoms with Crippen molar-refractivity contribution in [1.29, 1.82) is 0 Å².